The zero-order valence-electron chi connectivity index (χ0n) is 16.4. The molecule has 6 nitrogen and oxygen atoms in total. The van der Waals surface area contributed by atoms with Crippen molar-refractivity contribution in [1.82, 2.24) is 10.2 Å². The third-order valence-corrected chi connectivity index (χ3v) is 6.02. The molecule has 4 amide bonds. The number of aryl methyl sites for hydroxylation is 1. The van der Waals surface area contributed by atoms with Gasteiger partial charge in [-0.15, -0.1) is 0 Å². The molecule has 0 bridgehead atoms. The lowest BCUT2D eigenvalue weighted by molar-refractivity contribution is -0.134. The number of rotatable bonds is 3. The minimum absolute atomic E-state index is 0.322. The van der Waals surface area contributed by atoms with Gasteiger partial charge in [0.2, 0.25) is 5.91 Å². The van der Waals surface area contributed by atoms with Crippen molar-refractivity contribution < 1.29 is 14.4 Å². The molecule has 30 heavy (non-hydrogen) atoms. The summed E-state index contributed by atoms with van der Waals surface area (Å²) in [5, 5.41) is 7.64. The first kappa shape index (κ1) is 18.4. The number of urea groups is 1. The molecular formula is C24H21N3O3. The Morgan fingerprint density at radius 1 is 1.00 bits per heavy atom. The topological polar surface area (TPSA) is 78.5 Å². The van der Waals surface area contributed by atoms with Gasteiger partial charge in [0.1, 0.15) is 12.1 Å². The van der Waals surface area contributed by atoms with Crippen molar-refractivity contribution in [3.8, 4) is 0 Å². The Balaban J connectivity index is 1.39. The summed E-state index contributed by atoms with van der Waals surface area (Å²) in [5.74, 6) is -0.760. The first-order valence-electron chi connectivity index (χ1n) is 10.1. The minimum atomic E-state index is -1.06. The number of imide groups is 1. The zero-order valence-corrected chi connectivity index (χ0v) is 16.4. The highest BCUT2D eigenvalue weighted by molar-refractivity contribution is 6.11. The Labute approximate surface area is 173 Å². The summed E-state index contributed by atoms with van der Waals surface area (Å²) in [6, 6.07) is 20.5. The molecule has 0 radical (unpaired) electrons. The Kier molecular flexibility index (Phi) is 4.28. The largest absolute Gasteiger partial charge is 0.325 e. The van der Waals surface area contributed by atoms with Gasteiger partial charge in [-0.2, -0.15) is 0 Å². The van der Waals surface area contributed by atoms with Gasteiger partial charge in [-0.1, -0.05) is 60.7 Å². The van der Waals surface area contributed by atoms with Crippen LogP contribution in [0.2, 0.25) is 0 Å². The molecule has 1 aliphatic heterocycles. The number of nitrogens with one attached hydrogen (secondary N) is 2. The van der Waals surface area contributed by atoms with E-state index >= 15 is 0 Å². The maximum atomic E-state index is 13.3. The highest BCUT2D eigenvalue weighted by atomic mass is 16.2. The first-order chi connectivity index (χ1) is 14.6. The third kappa shape index (κ3) is 2.84. The Morgan fingerprint density at radius 2 is 1.77 bits per heavy atom. The van der Waals surface area contributed by atoms with E-state index in [0.29, 0.717) is 12.1 Å². The van der Waals surface area contributed by atoms with E-state index in [1.165, 1.54) is 0 Å². The van der Waals surface area contributed by atoms with Gasteiger partial charge in [0.05, 0.1) is 0 Å². The van der Waals surface area contributed by atoms with Crippen LogP contribution in [0.5, 0.6) is 0 Å². The van der Waals surface area contributed by atoms with E-state index in [1.54, 1.807) is 0 Å². The fourth-order valence-corrected chi connectivity index (χ4v) is 4.62. The van der Waals surface area contributed by atoms with Crippen LogP contribution in [-0.2, 0) is 21.5 Å². The smallest absolute Gasteiger partial charge is 0.324 e. The number of hydrogen-bond donors (Lipinski definition) is 2. The minimum Gasteiger partial charge on any atom is -0.324 e. The van der Waals surface area contributed by atoms with Crippen molar-refractivity contribution in [1.29, 1.82) is 0 Å². The summed E-state index contributed by atoms with van der Waals surface area (Å²) >= 11 is 0. The Hall–Kier alpha value is -3.67. The second kappa shape index (κ2) is 6.99. The van der Waals surface area contributed by atoms with Crippen molar-refractivity contribution in [3.63, 3.8) is 0 Å². The quantitative estimate of drug-likeness (QED) is 0.661. The van der Waals surface area contributed by atoms with Crippen LogP contribution in [0.25, 0.3) is 10.8 Å². The molecule has 5 rings (SSSR count). The van der Waals surface area contributed by atoms with Gasteiger partial charge < -0.3 is 10.6 Å². The van der Waals surface area contributed by atoms with Crippen LogP contribution < -0.4 is 10.6 Å². The van der Waals surface area contributed by atoms with Crippen LogP contribution in [0, 0.1) is 0 Å². The van der Waals surface area contributed by atoms with E-state index in [1.807, 2.05) is 66.7 Å². The summed E-state index contributed by atoms with van der Waals surface area (Å²) in [6.07, 6.45) is 2.22. The van der Waals surface area contributed by atoms with E-state index in [-0.39, 0.29) is 12.5 Å². The van der Waals surface area contributed by atoms with Gasteiger partial charge in [-0.05, 0) is 41.8 Å². The van der Waals surface area contributed by atoms with Crippen LogP contribution >= 0.6 is 0 Å². The van der Waals surface area contributed by atoms with Gasteiger partial charge in [0, 0.05) is 11.1 Å². The number of fused-ring (bicyclic) bond motifs is 3. The highest BCUT2D eigenvalue weighted by Crippen LogP contribution is 2.39. The number of nitrogens with zero attached hydrogens (tertiary/aromatic N) is 1. The molecule has 1 atom stereocenters. The molecule has 6 heteroatoms. The molecule has 150 valence electrons. The molecule has 1 heterocycles. The summed E-state index contributed by atoms with van der Waals surface area (Å²) in [7, 11) is 0. The second-order valence-electron chi connectivity index (χ2n) is 7.81. The monoisotopic (exact) mass is 399 g/mol. The maximum Gasteiger partial charge on any atom is 0.325 e. The van der Waals surface area contributed by atoms with Crippen LogP contribution in [-0.4, -0.2) is 29.3 Å². The van der Waals surface area contributed by atoms with Crippen molar-refractivity contribution in [2.24, 2.45) is 0 Å². The molecule has 1 spiro atoms. The van der Waals surface area contributed by atoms with E-state index < -0.39 is 17.5 Å². The fraction of sp³-hybridized carbons (Fsp3) is 0.208. The van der Waals surface area contributed by atoms with Crippen LogP contribution in [0.4, 0.5) is 10.5 Å². The fourth-order valence-electron chi connectivity index (χ4n) is 4.62. The SMILES string of the molecule is O=C(CN1C(=O)N[C@]2(CCCc3ccccc32)C1=O)Nc1cccc2ccccc12. The van der Waals surface area contributed by atoms with Gasteiger partial charge >= 0.3 is 6.03 Å². The van der Waals surface area contributed by atoms with Crippen molar-refractivity contribution in [2.75, 3.05) is 11.9 Å². The molecule has 0 saturated carbocycles. The van der Waals surface area contributed by atoms with Gasteiger partial charge in [0.15, 0.2) is 0 Å². The van der Waals surface area contributed by atoms with Crippen LogP contribution in [0.3, 0.4) is 0 Å². The molecule has 3 aromatic rings. The zero-order chi connectivity index (χ0) is 20.7. The number of benzene rings is 3. The molecular weight excluding hydrogens is 378 g/mol. The predicted octanol–water partition coefficient (Wildman–Crippen LogP) is 3.56. The average molecular weight is 399 g/mol. The first-order valence-corrected chi connectivity index (χ1v) is 10.1. The molecule has 0 unspecified atom stereocenters. The number of carbonyl (C=O) groups is 3. The standard InChI is InChI=1S/C24H21N3O3/c28-21(25-20-13-5-9-16-7-1-3-11-18(16)20)15-27-22(29)24(26-23(27)30)14-6-10-17-8-2-4-12-19(17)24/h1-5,7-9,11-13H,6,10,14-15H2,(H,25,28)(H,26,30)/t24-/m0/s1. The molecule has 2 N–H and O–H groups in total. The van der Waals surface area contributed by atoms with Crippen LogP contribution in [0.15, 0.2) is 66.7 Å². The van der Waals surface area contributed by atoms with Crippen molar-refractivity contribution in [2.45, 2.75) is 24.8 Å². The highest BCUT2D eigenvalue weighted by Gasteiger charge is 2.54. The van der Waals surface area contributed by atoms with E-state index in [2.05, 4.69) is 10.6 Å². The number of anilines is 1. The van der Waals surface area contributed by atoms with E-state index in [4.69, 9.17) is 0 Å². The maximum absolute atomic E-state index is 13.3. The summed E-state index contributed by atoms with van der Waals surface area (Å²) < 4.78 is 0. The number of carbonyl (C=O) groups excluding carboxylic acids is 3. The van der Waals surface area contributed by atoms with E-state index in [9.17, 15) is 14.4 Å². The summed E-state index contributed by atoms with van der Waals surface area (Å²) in [4.78, 5) is 39.8. The Morgan fingerprint density at radius 3 is 2.67 bits per heavy atom. The third-order valence-electron chi connectivity index (χ3n) is 6.02. The Bertz CT molecular complexity index is 1180. The number of amides is 4. The summed E-state index contributed by atoms with van der Waals surface area (Å²) in [5.41, 5.74) is 1.50. The molecule has 1 aliphatic carbocycles. The van der Waals surface area contributed by atoms with Crippen LogP contribution in [0.1, 0.15) is 24.0 Å². The molecule has 0 aromatic heterocycles. The molecule has 3 aromatic carbocycles. The second-order valence-corrected chi connectivity index (χ2v) is 7.81. The molecule has 1 fully saturated rings. The number of hydrogen-bond acceptors (Lipinski definition) is 3. The average Bonchev–Trinajstić information content (AvgIpc) is 2.99. The van der Waals surface area contributed by atoms with Crippen molar-refractivity contribution >= 4 is 34.3 Å². The van der Waals surface area contributed by atoms with Crippen molar-refractivity contribution in [3.05, 3.63) is 77.9 Å². The lowest BCUT2D eigenvalue weighted by Gasteiger charge is -2.33. The lowest BCUT2D eigenvalue weighted by atomic mass is 9.76. The summed E-state index contributed by atoms with van der Waals surface area (Å²) in [6.45, 7) is -0.322. The van der Waals surface area contributed by atoms with Gasteiger partial charge in [-0.3, -0.25) is 14.5 Å². The molecule has 1 saturated heterocycles. The van der Waals surface area contributed by atoms with E-state index in [0.717, 1.165) is 39.6 Å². The lowest BCUT2D eigenvalue weighted by Crippen LogP contribution is -2.47. The van der Waals surface area contributed by atoms with Gasteiger partial charge in [0.25, 0.3) is 5.91 Å². The predicted molar refractivity (Wildman–Crippen MR) is 114 cm³/mol. The molecule has 2 aliphatic rings. The van der Waals surface area contributed by atoms with Gasteiger partial charge in [-0.25, -0.2) is 4.79 Å². The normalized spacial score (nSPS) is 20.3.